The van der Waals surface area contributed by atoms with Gasteiger partial charge in [-0.25, -0.2) is 0 Å². The number of rotatable bonds is 2. The van der Waals surface area contributed by atoms with Crippen molar-refractivity contribution in [2.75, 3.05) is 11.9 Å². The summed E-state index contributed by atoms with van der Waals surface area (Å²) in [5.41, 5.74) is 1.90. The molecule has 0 radical (unpaired) electrons. The first kappa shape index (κ1) is 13.2. The van der Waals surface area contributed by atoms with Crippen molar-refractivity contribution in [3.05, 3.63) is 58.6 Å². The number of hydrogen-bond donors (Lipinski definition) is 1. The van der Waals surface area contributed by atoms with Crippen LogP contribution in [0.1, 0.15) is 5.56 Å². The Hall–Kier alpha value is -1.81. The average Bonchev–Trinajstić information content (AvgIpc) is 2.49. The number of carbonyl (C=O) groups excluding carboxylic acids is 1. The third kappa shape index (κ3) is 2.85. The fraction of sp³-hybridized carbons (Fsp3) is 0.188. The smallest absolute Gasteiger partial charge is 0.231 e. The van der Waals surface area contributed by atoms with E-state index in [0.717, 1.165) is 27.9 Å². The molecule has 102 valence electrons. The average molecular weight is 332 g/mol. The Morgan fingerprint density at radius 1 is 1.15 bits per heavy atom. The molecule has 3 rings (SSSR count). The third-order valence-corrected chi connectivity index (χ3v) is 3.89. The summed E-state index contributed by atoms with van der Waals surface area (Å²) in [5, 5.41) is 2.93. The highest BCUT2D eigenvalue weighted by Crippen LogP contribution is 2.27. The van der Waals surface area contributed by atoms with Crippen LogP contribution < -0.4 is 10.1 Å². The lowest BCUT2D eigenvalue weighted by Crippen LogP contribution is -2.32. The molecule has 0 saturated carbocycles. The van der Waals surface area contributed by atoms with Gasteiger partial charge in [-0.15, -0.1) is 0 Å². The van der Waals surface area contributed by atoms with Crippen LogP contribution in [0.2, 0.25) is 0 Å². The molecule has 1 N–H and O–H groups in total. The number of anilines is 1. The molecule has 0 aliphatic carbocycles. The highest BCUT2D eigenvalue weighted by Gasteiger charge is 2.25. The van der Waals surface area contributed by atoms with Crippen LogP contribution in [0.5, 0.6) is 5.75 Å². The van der Waals surface area contributed by atoms with E-state index in [-0.39, 0.29) is 11.8 Å². The van der Waals surface area contributed by atoms with E-state index in [1.54, 1.807) is 0 Å². The van der Waals surface area contributed by atoms with Gasteiger partial charge in [0.05, 0.1) is 5.92 Å². The minimum Gasteiger partial charge on any atom is -0.492 e. The highest BCUT2D eigenvalue weighted by atomic mass is 79.9. The molecule has 1 aliphatic heterocycles. The van der Waals surface area contributed by atoms with Crippen LogP contribution in [-0.2, 0) is 11.2 Å². The lowest BCUT2D eigenvalue weighted by atomic mass is 9.96. The molecule has 0 unspecified atom stereocenters. The Morgan fingerprint density at radius 3 is 2.70 bits per heavy atom. The Labute approximate surface area is 126 Å². The van der Waals surface area contributed by atoms with Gasteiger partial charge in [-0.1, -0.05) is 34.1 Å². The lowest BCUT2D eigenvalue weighted by molar-refractivity contribution is -0.121. The fourth-order valence-corrected chi connectivity index (χ4v) is 2.54. The summed E-state index contributed by atoms with van der Waals surface area (Å²) >= 11 is 3.37. The molecular weight excluding hydrogens is 318 g/mol. The lowest BCUT2D eigenvalue weighted by Gasteiger charge is -2.24. The van der Waals surface area contributed by atoms with E-state index < -0.39 is 0 Å². The molecule has 20 heavy (non-hydrogen) atoms. The minimum atomic E-state index is -0.145. The zero-order valence-corrected chi connectivity index (χ0v) is 12.4. The summed E-state index contributed by atoms with van der Waals surface area (Å²) < 4.78 is 6.64. The van der Waals surface area contributed by atoms with Gasteiger partial charge >= 0.3 is 0 Å². The molecule has 1 amide bonds. The molecule has 0 spiro atoms. The number of nitrogens with one attached hydrogen (secondary N) is 1. The van der Waals surface area contributed by atoms with Crippen molar-refractivity contribution in [2.45, 2.75) is 6.42 Å². The number of carbonyl (C=O) groups is 1. The molecule has 2 aromatic carbocycles. The van der Waals surface area contributed by atoms with Crippen LogP contribution in [0, 0.1) is 5.92 Å². The Morgan fingerprint density at radius 2 is 1.90 bits per heavy atom. The summed E-state index contributed by atoms with van der Waals surface area (Å²) in [6.45, 7) is 0.430. The van der Waals surface area contributed by atoms with Crippen LogP contribution in [0.15, 0.2) is 53.0 Å². The van der Waals surface area contributed by atoms with Crippen molar-refractivity contribution in [3.63, 3.8) is 0 Å². The van der Waals surface area contributed by atoms with Crippen molar-refractivity contribution >= 4 is 27.5 Å². The van der Waals surface area contributed by atoms with Crippen molar-refractivity contribution in [1.29, 1.82) is 0 Å². The van der Waals surface area contributed by atoms with Gasteiger partial charge in [-0.05, 0) is 42.3 Å². The summed E-state index contributed by atoms with van der Waals surface area (Å²) in [6.07, 6.45) is 0.721. The second kappa shape index (κ2) is 5.67. The van der Waals surface area contributed by atoms with Crippen molar-refractivity contribution < 1.29 is 9.53 Å². The maximum absolute atomic E-state index is 12.3. The van der Waals surface area contributed by atoms with Crippen LogP contribution in [0.25, 0.3) is 0 Å². The third-order valence-electron chi connectivity index (χ3n) is 3.36. The first-order valence-electron chi connectivity index (χ1n) is 6.49. The van der Waals surface area contributed by atoms with E-state index in [9.17, 15) is 4.79 Å². The maximum atomic E-state index is 12.3. The Balaban J connectivity index is 1.68. The number of hydrogen-bond acceptors (Lipinski definition) is 2. The summed E-state index contributed by atoms with van der Waals surface area (Å²) in [4.78, 5) is 12.3. The second-order valence-corrected chi connectivity index (χ2v) is 5.73. The molecule has 0 fully saturated rings. The minimum absolute atomic E-state index is 0.00169. The molecule has 0 aromatic heterocycles. The molecule has 1 heterocycles. The number of halogens is 1. The van der Waals surface area contributed by atoms with Gasteiger partial charge in [0.25, 0.3) is 0 Å². The second-order valence-electron chi connectivity index (χ2n) is 4.82. The first-order valence-corrected chi connectivity index (χ1v) is 7.29. The molecule has 1 aliphatic rings. The number of amides is 1. The van der Waals surface area contributed by atoms with Crippen molar-refractivity contribution in [1.82, 2.24) is 0 Å². The van der Waals surface area contributed by atoms with Gasteiger partial charge in [-0.2, -0.15) is 0 Å². The van der Waals surface area contributed by atoms with Gasteiger partial charge in [0.2, 0.25) is 5.91 Å². The summed E-state index contributed by atoms with van der Waals surface area (Å²) in [6, 6.07) is 15.4. The van der Waals surface area contributed by atoms with Crippen LogP contribution in [0.3, 0.4) is 0 Å². The predicted octanol–water partition coefficient (Wildman–Crippen LogP) is 3.64. The van der Waals surface area contributed by atoms with Crippen LogP contribution >= 0.6 is 15.9 Å². The van der Waals surface area contributed by atoms with Crippen LogP contribution in [0.4, 0.5) is 5.69 Å². The van der Waals surface area contributed by atoms with E-state index >= 15 is 0 Å². The highest BCUT2D eigenvalue weighted by molar-refractivity contribution is 9.10. The molecule has 1 atom stereocenters. The van der Waals surface area contributed by atoms with E-state index in [1.807, 2.05) is 48.5 Å². The van der Waals surface area contributed by atoms with Crippen molar-refractivity contribution in [2.24, 2.45) is 5.92 Å². The molecular formula is C16H14BrNO2. The summed E-state index contributed by atoms with van der Waals surface area (Å²) in [7, 11) is 0. The van der Waals surface area contributed by atoms with E-state index in [1.165, 1.54) is 0 Å². The molecule has 3 nitrogen and oxygen atoms in total. The first-order chi connectivity index (χ1) is 9.72. The standard InChI is InChI=1S/C16H14BrNO2/c17-13-5-7-14(8-6-13)18-16(19)12-9-11-3-1-2-4-15(11)20-10-12/h1-8,12H,9-10H2,(H,18,19)/t12-/m1/s1. The zero-order valence-electron chi connectivity index (χ0n) is 10.8. The van der Waals surface area contributed by atoms with Gasteiger partial charge in [-0.3, -0.25) is 4.79 Å². The molecule has 0 bridgehead atoms. The van der Waals surface area contributed by atoms with Crippen LogP contribution in [-0.4, -0.2) is 12.5 Å². The molecule has 2 aromatic rings. The molecule has 4 heteroatoms. The SMILES string of the molecule is O=C(Nc1ccc(Br)cc1)[C@H]1COc2ccccc2C1. The summed E-state index contributed by atoms with van der Waals surface area (Å²) in [5.74, 6) is 0.746. The van der Waals surface area contributed by atoms with E-state index in [2.05, 4.69) is 21.2 Å². The van der Waals surface area contributed by atoms with Gasteiger partial charge in [0.1, 0.15) is 12.4 Å². The number of para-hydroxylation sites is 1. The fourth-order valence-electron chi connectivity index (χ4n) is 2.27. The Kier molecular flexibility index (Phi) is 3.74. The Bertz CT molecular complexity index is 625. The van der Waals surface area contributed by atoms with Crippen molar-refractivity contribution in [3.8, 4) is 5.75 Å². The zero-order chi connectivity index (χ0) is 13.9. The topological polar surface area (TPSA) is 38.3 Å². The van der Waals surface area contributed by atoms with E-state index in [0.29, 0.717) is 6.61 Å². The largest absolute Gasteiger partial charge is 0.492 e. The number of benzene rings is 2. The quantitative estimate of drug-likeness (QED) is 0.912. The van der Waals surface area contributed by atoms with Gasteiger partial charge < -0.3 is 10.1 Å². The number of ether oxygens (including phenoxy) is 1. The normalized spacial score (nSPS) is 16.9. The monoisotopic (exact) mass is 331 g/mol. The van der Waals surface area contributed by atoms with E-state index in [4.69, 9.17) is 4.74 Å². The number of fused-ring (bicyclic) bond motifs is 1. The predicted molar refractivity (Wildman–Crippen MR) is 81.9 cm³/mol. The van der Waals surface area contributed by atoms with Gasteiger partial charge in [0, 0.05) is 10.2 Å². The van der Waals surface area contributed by atoms with Gasteiger partial charge in [0.15, 0.2) is 0 Å². The molecule has 0 saturated heterocycles. The maximum Gasteiger partial charge on any atom is 0.231 e.